The number of rotatable bonds is 6. The standard InChI is InChI=1S/C8H13F3O8S2/c1-20(12,13)16-3-5-6(4-17-21(2,14)15)19-7(18-5)8(9,10)11/h5-7H,3-4H2,1-2H3/t5-,6-/m0/s1. The van der Waals surface area contributed by atoms with Crippen LogP contribution in [0, 0.1) is 0 Å². The molecule has 0 radical (unpaired) electrons. The predicted octanol–water partition coefficient (Wildman–Crippen LogP) is -0.389. The molecule has 0 N–H and O–H groups in total. The van der Waals surface area contributed by atoms with Crippen LogP contribution in [-0.4, -0.2) is 67.2 Å². The average Bonchev–Trinajstić information content (AvgIpc) is 2.64. The molecule has 0 aromatic rings. The van der Waals surface area contributed by atoms with Gasteiger partial charge in [0.15, 0.2) is 0 Å². The SMILES string of the molecule is CS(=O)(=O)OC[C@@H]1OC(C(F)(F)F)O[C@H]1COS(C)(=O)=O. The number of ether oxygens (including phenoxy) is 2. The summed E-state index contributed by atoms with van der Waals surface area (Å²) in [5.74, 6) is 0. The molecule has 21 heavy (non-hydrogen) atoms. The van der Waals surface area contributed by atoms with Gasteiger partial charge < -0.3 is 9.47 Å². The van der Waals surface area contributed by atoms with Gasteiger partial charge in [0.1, 0.15) is 12.2 Å². The number of halogens is 3. The third kappa shape index (κ3) is 6.88. The van der Waals surface area contributed by atoms with Crippen LogP contribution in [-0.2, 0) is 38.1 Å². The maximum absolute atomic E-state index is 12.5. The van der Waals surface area contributed by atoms with Crippen LogP contribution in [0.15, 0.2) is 0 Å². The molecule has 0 aromatic heterocycles. The van der Waals surface area contributed by atoms with Crippen molar-refractivity contribution in [1.29, 1.82) is 0 Å². The van der Waals surface area contributed by atoms with Crippen molar-refractivity contribution in [3.8, 4) is 0 Å². The van der Waals surface area contributed by atoms with Gasteiger partial charge in [0.25, 0.3) is 26.5 Å². The highest BCUT2D eigenvalue weighted by Crippen LogP contribution is 2.32. The summed E-state index contributed by atoms with van der Waals surface area (Å²) >= 11 is 0. The van der Waals surface area contributed by atoms with Gasteiger partial charge in [-0.05, 0) is 0 Å². The average molecular weight is 358 g/mol. The van der Waals surface area contributed by atoms with E-state index in [-0.39, 0.29) is 0 Å². The van der Waals surface area contributed by atoms with E-state index in [9.17, 15) is 30.0 Å². The molecule has 1 saturated heterocycles. The Bertz CT molecular complexity index is 511. The highest BCUT2D eigenvalue weighted by Gasteiger charge is 2.51. The van der Waals surface area contributed by atoms with E-state index in [2.05, 4.69) is 17.8 Å². The van der Waals surface area contributed by atoms with Gasteiger partial charge in [0, 0.05) is 0 Å². The van der Waals surface area contributed by atoms with Gasteiger partial charge >= 0.3 is 6.18 Å². The van der Waals surface area contributed by atoms with Gasteiger partial charge in [-0.15, -0.1) is 0 Å². The van der Waals surface area contributed by atoms with Gasteiger partial charge in [-0.25, -0.2) is 0 Å². The first-order valence-electron chi connectivity index (χ1n) is 5.34. The van der Waals surface area contributed by atoms with Crippen LogP contribution in [0.2, 0.25) is 0 Å². The summed E-state index contributed by atoms with van der Waals surface area (Å²) < 4.78 is 98.4. The summed E-state index contributed by atoms with van der Waals surface area (Å²) in [5.41, 5.74) is 0. The lowest BCUT2D eigenvalue weighted by atomic mass is 10.2. The molecule has 1 heterocycles. The van der Waals surface area contributed by atoms with Crippen molar-refractivity contribution in [3.63, 3.8) is 0 Å². The lowest BCUT2D eigenvalue weighted by molar-refractivity contribution is -0.281. The molecule has 0 aromatic carbocycles. The van der Waals surface area contributed by atoms with Crippen molar-refractivity contribution in [3.05, 3.63) is 0 Å². The van der Waals surface area contributed by atoms with Crippen LogP contribution < -0.4 is 0 Å². The van der Waals surface area contributed by atoms with Crippen molar-refractivity contribution in [2.75, 3.05) is 25.7 Å². The zero-order valence-corrected chi connectivity index (χ0v) is 12.5. The van der Waals surface area contributed by atoms with Crippen LogP contribution in [0.4, 0.5) is 13.2 Å². The van der Waals surface area contributed by atoms with Gasteiger partial charge in [-0.3, -0.25) is 8.37 Å². The van der Waals surface area contributed by atoms with E-state index < -0.39 is 58.1 Å². The molecule has 2 atom stereocenters. The molecule has 13 heteroatoms. The first-order chi connectivity index (χ1) is 9.28. The summed E-state index contributed by atoms with van der Waals surface area (Å²) in [7, 11) is -7.81. The van der Waals surface area contributed by atoms with E-state index >= 15 is 0 Å². The second kappa shape index (κ2) is 6.34. The molecule has 0 aliphatic carbocycles. The van der Waals surface area contributed by atoms with Crippen molar-refractivity contribution in [1.82, 2.24) is 0 Å². The number of alkyl halides is 3. The second-order valence-corrected chi connectivity index (χ2v) is 7.49. The third-order valence-electron chi connectivity index (χ3n) is 2.17. The Labute approximate surface area is 119 Å². The minimum absolute atomic E-state index is 0.700. The fourth-order valence-electron chi connectivity index (χ4n) is 1.35. The molecule has 1 fully saturated rings. The lowest BCUT2D eigenvalue weighted by Gasteiger charge is -2.15. The van der Waals surface area contributed by atoms with Crippen LogP contribution in [0.5, 0.6) is 0 Å². The molecule has 0 unspecified atom stereocenters. The molecular formula is C8H13F3O8S2. The van der Waals surface area contributed by atoms with E-state index in [0.717, 1.165) is 0 Å². The monoisotopic (exact) mass is 358 g/mol. The van der Waals surface area contributed by atoms with E-state index in [0.29, 0.717) is 12.5 Å². The summed E-state index contributed by atoms with van der Waals surface area (Å²) in [5, 5.41) is 0. The summed E-state index contributed by atoms with van der Waals surface area (Å²) in [6.45, 7) is -1.52. The summed E-state index contributed by atoms with van der Waals surface area (Å²) in [4.78, 5) is 0. The normalized spacial score (nSPS) is 25.4. The molecule has 1 rings (SSSR count). The highest BCUT2D eigenvalue weighted by atomic mass is 32.2. The molecule has 1 aliphatic rings. The van der Waals surface area contributed by atoms with Crippen molar-refractivity contribution >= 4 is 20.2 Å². The fraction of sp³-hybridized carbons (Fsp3) is 1.00. The van der Waals surface area contributed by atoms with E-state index in [4.69, 9.17) is 0 Å². The Balaban J connectivity index is 2.74. The van der Waals surface area contributed by atoms with Gasteiger partial charge in [0.2, 0.25) is 0 Å². The van der Waals surface area contributed by atoms with E-state index in [1.54, 1.807) is 0 Å². The zero-order valence-electron chi connectivity index (χ0n) is 10.9. The first kappa shape index (κ1) is 18.6. The molecule has 0 spiro atoms. The van der Waals surface area contributed by atoms with E-state index in [1.165, 1.54) is 0 Å². The molecule has 0 saturated carbocycles. The maximum atomic E-state index is 12.5. The van der Waals surface area contributed by atoms with Crippen LogP contribution >= 0.6 is 0 Å². The predicted molar refractivity (Wildman–Crippen MR) is 61.2 cm³/mol. The Morgan fingerprint density at radius 1 is 0.905 bits per heavy atom. The quantitative estimate of drug-likeness (QED) is 0.591. The van der Waals surface area contributed by atoms with Crippen molar-refractivity contribution in [2.24, 2.45) is 0 Å². The number of hydrogen-bond acceptors (Lipinski definition) is 8. The minimum atomic E-state index is -4.86. The number of hydrogen-bond donors (Lipinski definition) is 0. The van der Waals surface area contributed by atoms with Crippen molar-refractivity contribution in [2.45, 2.75) is 24.7 Å². The fourth-order valence-corrected chi connectivity index (χ4v) is 2.12. The Morgan fingerprint density at radius 3 is 1.48 bits per heavy atom. The van der Waals surface area contributed by atoms with Gasteiger partial charge in [-0.2, -0.15) is 30.0 Å². The lowest BCUT2D eigenvalue weighted by Crippen LogP contribution is -2.33. The minimum Gasteiger partial charge on any atom is -0.336 e. The van der Waals surface area contributed by atoms with Crippen molar-refractivity contribution < 1.29 is 47.8 Å². The van der Waals surface area contributed by atoms with Gasteiger partial charge in [-0.1, -0.05) is 0 Å². The third-order valence-corrected chi connectivity index (χ3v) is 3.30. The summed E-state index contributed by atoms with van der Waals surface area (Å²) in [6.07, 6.45) is -8.97. The van der Waals surface area contributed by atoms with Crippen LogP contribution in [0.25, 0.3) is 0 Å². The molecule has 0 amide bonds. The molecule has 0 bridgehead atoms. The first-order valence-corrected chi connectivity index (χ1v) is 8.98. The topological polar surface area (TPSA) is 105 Å². The molecule has 8 nitrogen and oxygen atoms in total. The molecule has 1 aliphatic heterocycles. The van der Waals surface area contributed by atoms with E-state index in [1.807, 2.05) is 0 Å². The zero-order chi connectivity index (χ0) is 16.5. The second-order valence-electron chi connectivity index (χ2n) is 4.20. The molecular weight excluding hydrogens is 345 g/mol. The van der Waals surface area contributed by atoms with Gasteiger partial charge in [0.05, 0.1) is 25.7 Å². The maximum Gasteiger partial charge on any atom is 0.440 e. The summed E-state index contributed by atoms with van der Waals surface area (Å²) in [6, 6.07) is 0. The smallest absolute Gasteiger partial charge is 0.336 e. The molecule has 126 valence electrons. The largest absolute Gasteiger partial charge is 0.440 e. The van der Waals surface area contributed by atoms with Crippen LogP contribution in [0.1, 0.15) is 0 Å². The highest BCUT2D eigenvalue weighted by molar-refractivity contribution is 7.86. The Hall–Kier alpha value is -0.470. The Kier molecular flexibility index (Phi) is 5.61. The van der Waals surface area contributed by atoms with Crippen LogP contribution in [0.3, 0.4) is 0 Å². The Morgan fingerprint density at radius 2 is 1.24 bits per heavy atom.